The maximum Gasteiger partial charge on any atom is 0.161 e. The highest BCUT2D eigenvalue weighted by molar-refractivity contribution is 5.48. The molecule has 5 nitrogen and oxygen atoms in total. The molecule has 2 heterocycles. The summed E-state index contributed by atoms with van der Waals surface area (Å²) in [6.07, 6.45) is 5.14. The van der Waals surface area contributed by atoms with Crippen molar-refractivity contribution in [1.82, 2.24) is 14.8 Å². The molecule has 1 aliphatic rings. The average molecular weight is 370 g/mol. The molecule has 0 fully saturated rings. The zero-order chi connectivity index (χ0) is 19.1. The minimum atomic E-state index is 0.826. The molecule has 146 valence electrons. The molecule has 0 radical (unpaired) electrons. The molecule has 0 saturated heterocycles. The van der Waals surface area contributed by atoms with E-state index in [0.29, 0.717) is 0 Å². The molecule has 0 spiro atoms. The summed E-state index contributed by atoms with van der Waals surface area (Å²) in [4.78, 5) is 9.34. The standard InChI is InChI=1S/C22H31N3O2/c1-24(13-9-20-7-4-5-10-23-20)11-6-12-25-14-8-18-15-21(26-2)22(27-3)16-19(18)17-25/h4-5,7,10,15-16H,6,8-9,11-14,17H2,1-3H3. The third kappa shape index (κ3) is 5.44. The van der Waals surface area contributed by atoms with Gasteiger partial charge in [-0.2, -0.15) is 0 Å². The highest BCUT2D eigenvalue weighted by Gasteiger charge is 2.19. The zero-order valence-electron chi connectivity index (χ0n) is 16.8. The van der Waals surface area contributed by atoms with E-state index in [9.17, 15) is 0 Å². The van der Waals surface area contributed by atoms with Gasteiger partial charge in [0.15, 0.2) is 11.5 Å². The van der Waals surface area contributed by atoms with Crippen LogP contribution in [0.2, 0.25) is 0 Å². The molecule has 0 bridgehead atoms. The second-order valence-corrected chi connectivity index (χ2v) is 7.23. The van der Waals surface area contributed by atoms with Gasteiger partial charge in [0.1, 0.15) is 0 Å². The molecule has 5 heteroatoms. The van der Waals surface area contributed by atoms with Crippen LogP contribution in [0.4, 0.5) is 0 Å². The topological polar surface area (TPSA) is 37.8 Å². The normalized spacial score (nSPS) is 14.2. The van der Waals surface area contributed by atoms with Gasteiger partial charge in [-0.15, -0.1) is 0 Å². The summed E-state index contributed by atoms with van der Waals surface area (Å²) < 4.78 is 10.9. The van der Waals surface area contributed by atoms with Crippen LogP contribution >= 0.6 is 0 Å². The monoisotopic (exact) mass is 369 g/mol. The van der Waals surface area contributed by atoms with Crippen molar-refractivity contribution < 1.29 is 9.47 Å². The van der Waals surface area contributed by atoms with E-state index in [-0.39, 0.29) is 0 Å². The first-order chi connectivity index (χ1) is 13.2. The minimum absolute atomic E-state index is 0.826. The van der Waals surface area contributed by atoms with Crippen LogP contribution in [0.5, 0.6) is 11.5 Å². The first-order valence-electron chi connectivity index (χ1n) is 9.74. The van der Waals surface area contributed by atoms with Gasteiger partial charge >= 0.3 is 0 Å². The van der Waals surface area contributed by atoms with Crippen molar-refractivity contribution >= 4 is 0 Å². The van der Waals surface area contributed by atoms with Gasteiger partial charge in [-0.1, -0.05) is 6.07 Å². The van der Waals surface area contributed by atoms with E-state index >= 15 is 0 Å². The highest BCUT2D eigenvalue weighted by Crippen LogP contribution is 2.33. The fourth-order valence-electron chi connectivity index (χ4n) is 3.66. The Bertz CT molecular complexity index is 721. The minimum Gasteiger partial charge on any atom is -0.493 e. The fraction of sp³-hybridized carbons (Fsp3) is 0.500. The lowest BCUT2D eigenvalue weighted by Gasteiger charge is -2.30. The molecule has 0 aliphatic carbocycles. The summed E-state index contributed by atoms with van der Waals surface area (Å²) in [6, 6.07) is 10.4. The number of nitrogens with zero attached hydrogens (tertiary/aromatic N) is 3. The summed E-state index contributed by atoms with van der Waals surface area (Å²) in [5, 5.41) is 0. The molecule has 27 heavy (non-hydrogen) atoms. The van der Waals surface area contributed by atoms with Crippen molar-refractivity contribution in [1.29, 1.82) is 0 Å². The predicted molar refractivity (Wildman–Crippen MR) is 109 cm³/mol. The molecule has 0 amide bonds. The van der Waals surface area contributed by atoms with Crippen molar-refractivity contribution in [3.8, 4) is 11.5 Å². The number of aromatic nitrogens is 1. The lowest BCUT2D eigenvalue weighted by atomic mass is 9.98. The van der Waals surface area contributed by atoms with Crippen LogP contribution in [-0.2, 0) is 19.4 Å². The Morgan fingerprint density at radius 1 is 1.07 bits per heavy atom. The fourth-order valence-corrected chi connectivity index (χ4v) is 3.66. The lowest BCUT2D eigenvalue weighted by molar-refractivity contribution is 0.230. The zero-order valence-corrected chi connectivity index (χ0v) is 16.8. The van der Waals surface area contributed by atoms with Crippen LogP contribution in [0.3, 0.4) is 0 Å². The number of hydrogen-bond acceptors (Lipinski definition) is 5. The van der Waals surface area contributed by atoms with Crippen molar-refractivity contribution in [3.63, 3.8) is 0 Å². The Balaban J connectivity index is 1.43. The van der Waals surface area contributed by atoms with Gasteiger partial charge in [0, 0.05) is 37.9 Å². The molecule has 2 aromatic rings. The van der Waals surface area contributed by atoms with Crippen molar-refractivity contribution in [2.24, 2.45) is 0 Å². The summed E-state index contributed by atoms with van der Waals surface area (Å²) in [5.41, 5.74) is 3.92. The number of likely N-dealkylation sites (N-methyl/N-ethyl adjacent to an activating group) is 1. The number of fused-ring (bicyclic) bond motifs is 1. The molecule has 0 saturated carbocycles. The van der Waals surface area contributed by atoms with Gasteiger partial charge in [0.05, 0.1) is 14.2 Å². The molecule has 0 N–H and O–H groups in total. The molecule has 1 aromatic carbocycles. The Kier molecular flexibility index (Phi) is 7.07. The van der Waals surface area contributed by atoms with E-state index in [4.69, 9.17) is 9.47 Å². The Hall–Kier alpha value is -2.11. The van der Waals surface area contributed by atoms with Gasteiger partial charge in [0.25, 0.3) is 0 Å². The largest absolute Gasteiger partial charge is 0.493 e. The number of benzene rings is 1. The van der Waals surface area contributed by atoms with Crippen molar-refractivity contribution in [3.05, 3.63) is 53.3 Å². The number of methoxy groups -OCH3 is 2. The number of rotatable bonds is 9. The van der Waals surface area contributed by atoms with Crippen LogP contribution in [0.1, 0.15) is 23.2 Å². The first kappa shape index (κ1) is 19.6. The molecule has 1 aromatic heterocycles. The summed E-state index contributed by atoms with van der Waals surface area (Å²) in [6.45, 7) is 5.40. The molecule has 0 atom stereocenters. The maximum atomic E-state index is 5.46. The Labute approximate surface area is 162 Å². The number of pyridine rings is 1. The van der Waals surface area contributed by atoms with Gasteiger partial charge in [-0.25, -0.2) is 0 Å². The molecule has 0 unspecified atom stereocenters. The van der Waals surface area contributed by atoms with Crippen molar-refractivity contribution in [2.45, 2.75) is 25.8 Å². The second kappa shape index (κ2) is 9.72. The molecule has 1 aliphatic heterocycles. The van der Waals surface area contributed by atoms with Crippen LogP contribution in [0.25, 0.3) is 0 Å². The third-order valence-corrected chi connectivity index (χ3v) is 5.29. The number of hydrogen-bond donors (Lipinski definition) is 0. The molecule has 3 rings (SSSR count). The van der Waals surface area contributed by atoms with Gasteiger partial charge in [-0.05, 0) is 68.4 Å². The maximum absolute atomic E-state index is 5.46. The van der Waals surface area contributed by atoms with Crippen LogP contribution in [0.15, 0.2) is 36.5 Å². The Morgan fingerprint density at radius 3 is 2.56 bits per heavy atom. The van der Waals surface area contributed by atoms with Gasteiger partial charge in [-0.3, -0.25) is 9.88 Å². The molecular weight excluding hydrogens is 338 g/mol. The SMILES string of the molecule is COc1cc2c(cc1OC)CN(CCCN(C)CCc1ccccn1)CC2. The smallest absolute Gasteiger partial charge is 0.161 e. The summed E-state index contributed by atoms with van der Waals surface area (Å²) in [5.74, 6) is 1.66. The van der Waals surface area contributed by atoms with Crippen LogP contribution < -0.4 is 9.47 Å². The van der Waals surface area contributed by atoms with E-state index in [2.05, 4.69) is 46.1 Å². The van der Waals surface area contributed by atoms with E-state index in [1.165, 1.54) is 23.2 Å². The van der Waals surface area contributed by atoms with E-state index in [1.807, 2.05) is 12.3 Å². The predicted octanol–water partition coefficient (Wildman–Crippen LogP) is 3.02. The lowest BCUT2D eigenvalue weighted by Crippen LogP contribution is -2.33. The first-order valence-corrected chi connectivity index (χ1v) is 9.74. The quantitative estimate of drug-likeness (QED) is 0.679. The van der Waals surface area contributed by atoms with Gasteiger partial charge in [0.2, 0.25) is 0 Å². The average Bonchev–Trinajstić information content (AvgIpc) is 2.71. The van der Waals surface area contributed by atoms with Gasteiger partial charge < -0.3 is 14.4 Å². The summed E-state index contributed by atoms with van der Waals surface area (Å²) >= 11 is 0. The van der Waals surface area contributed by atoms with E-state index in [1.54, 1.807) is 14.2 Å². The third-order valence-electron chi connectivity index (χ3n) is 5.29. The second-order valence-electron chi connectivity index (χ2n) is 7.23. The summed E-state index contributed by atoms with van der Waals surface area (Å²) in [7, 11) is 5.60. The highest BCUT2D eigenvalue weighted by atomic mass is 16.5. The van der Waals surface area contributed by atoms with Crippen molar-refractivity contribution in [2.75, 3.05) is 47.4 Å². The Morgan fingerprint density at radius 2 is 1.85 bits per heavy atom. The van der Waals surface area contributed by atoms with Crippen LogP contribution in [0, 0.1) is 0 Å². The number of ether oxygens (including phenoxy) is 2. The van der Waals surface area contributed by atoms with E-state index in [0.717, 1.165) is 57.1 Å². The van der Waals surface area contributed by atoms with Crippen LogP contribution in [-0.4, -0.2) is 62.2 Å². The van der Waals surface area contributed by atoms with E-state index < -0.39 is 0 Å². The molecular formula is C22H31N3O2.